The Bertz CT molecular complexity index is 812. The second-order valence-corrected chi connectivity index (χ2v) is 6.73. The maximum atomic E-state index is 11.9. The molecule has 2 N–H and O–H groups in total. The molecule has 0 spiro atoms. The lowest BCUT2D eigenvalue weighted by atomic mass is 10.1. The molecule has 1 aliphatic carbocycles. The van der Waals surface area contributed by atoms with Gasteiger partial charge in [0.2, 0.25) is 5.91 Å². The highest BCUT2D eigenvalue weighted by Crippen LogP contribution is 2.19. The van der Waals surface area contributed by atoms with Gasteiger partial charge in [-0.3, -0.25) is 9.59 Å². The van der Waals surface area contributed by atoms with Crippen LogP contribution in [-0.2, 0) is 4.79 Å². The number of rotatable bonds is 8. The first kappa shape index (κ1) is 19.0. The van der Waals surface area contributed by atoms with Crippen LogP contribution < -0.4 is 15.4 Å². The second-order valence-electron chi connectivity index (χ2n) is 6.30. The lowest BCUT2D eigenvalue weighted by Gasteiger charge is -2.06. The molecule has 0 bridgehead atoms. The predicted octanol–water partition coefficient (Wildman–Crippen LogP) is 3.44. The van der Waals surface area contributed by atoms with Gasteiger partial charge in [0, 0.05) is 22.7 Å². The third-order valence-electron chi connectivity index (χ3n) is 4.00. The average Bonchev–Trinajstić information content (AvgIpc) is 3.49. The third kappa shape index (κ3) is 6.46. The largest absolute Gasteiger partial charge is 0.492 e. The van der Waals surface area contributed by atoms with Crippen molar-refractivity contribution < 1.29 is 14.3 Å². The number of carbonyl (C=O) groups is 2. The molecular formula is C21H21ClN2O3. The first-order valence-corrected chi connectivity index (χ1v) is 9.23. The van der Waals surface area contributed by atoms with Gasteiger partial charge in [-0.1, -0.05) is 23.7 Å². The van der Waals surface area contributed by atoms with Crippen LogP contribution in [0, 0.1) is 0 Å². The highest BCUT2D eigenvalue weighted by atomic mass is 35.5. The van der Waals surface area contributed by atoms with Crippen molar-refractivity contribution >= 4 is 29.5 Å². The molecule has 27 heavy (non-hydrogen) atoms. The zero-order valence-electron chi connectivity index (χ0n) is 14.8. The molecule has 0 aliphatic heterocycles. The van der Waals surface area contributed by atoms with Crippen LogP contribution >= 0.6 is 11.6 Å². The first-order valence-electron chi connectivity index (χ1n) is 8.85. The van der Waals surface area contributed by atoms with Crippen molar-refractivity contribution in [2.75, 3.05) is 13.2 Å². The molecule has 0 aromatic heterocycles. The van der Waals surface area contributed by atoms with Gasteiger partial charge >= 0.3 is 0 Å². The van der Waals surface area contributed by atoms with E-state index in [1.807, 2.05) is 12.1 Å². The zero-order valence-corrected chi connectivity index (χ0v) is 15.5. The van der Waals surface area contributed by atoms with Crippen LogP contribution in [0.15, 0.2) is 54.6 Å². The zero-order chi connectivity index (χ0) is 19.1. The van der Waals surface area contributed by atoms with E-state index in [1.165, 1.54) is 6.08 Å². The van der Waals surface area contributed by atoms with E-state index in [0.29, 0.717) is 35.5 Å². The van der Waals surface area contributed by atoms with Crippen molar-refractivity contribution in [1.82, 2.24) is 10.6 Å². The SMILES string of the molecule is O=C(/C=C/c1ccc(C(=O)NC2CC2)cc1)NCCOc1ccc(Cl)cc1. The molecule has 0 unspecified atom stereocenters. The Labute approximate surface area is 163 Å². The van der Waals surface area contributed by atoms with Gasteiger partial charge in [-0.2, -0.15) is 0 Å². The van der Waals surface area contributed by atoms with Gasteiger partial charge in [0.15, 0.2) is 0 Å². The fourth-order valence-electron chi connectivity index (χ4n) is 2.35. The Kier molecular flexibility index (Phi) is 6.49. The van der Waals surface area contributed by atoms with Gasteiger partial charge < -0.3 is 15.4 Å². The summed E-state index contributed by atoms with van der Waals surface area (Å²) in [5.74, 6) is 0.451. The van der Waals surface area contributed by atoms with E-state index in [2.05, 4.69) is 10.6 Å². The van der Waals surface area contributed by atoms with E-state index in [4.69, 9.17) is 16.3 Å². The summed E-state index contributed by atoms with van der Waals surface area (Å²) in [6, 6.07) is 14.5. The number of hydrogen-bond donors (Lipinski definition) is 2. The van der Waals surface area contributed by atoms with Crippen LogP contribution in [0.25, 0.3) is 6.08 Å². The van der Waals surface area contributed by atoms with Crippen molar-refractivity contribution in [3.05, 3.63) is 70.8 Å². The second kappa shape index (κ2) is 9.24. The van der Waals surface area contributed by atoms with E-state index in [0.717, 1.165) is 18.4 Å². The number of hydrogen-bond acceptors (Lipinski definition) is 3. The van der Waals surface area contributed by atoms with Crippen LogP contribution in [0.1, 0.15) is 28.8 Å². The van der Waals surface area contributed by atoms with E-state index in [9.17, 15) is 9.59 Å². The Morgan fingerprint density at radius 2 is 1.78 bits per heavy atom. The molecule has 0 heterocycles. The Hall–Kier alpha value is -2.79. The molecule has 1 saturated carbocycles. The Morgan fingerprint density at radius 1 is 1.07 bits per heavy atom. The summed E-state index contributed by atoms with van der Waals surface area (Å²) >= 11 is 5.81. The summed E-state index contributed by atoms with van der Waals surface area (Å²) < 4.78 is 5.51. The van der Waals surface area contributed by atoms with Crippen molar-refractivity contribution in [2.24, 2.45) is 0 Å². The number of amides is 2. The van der Waals surface area contributed by atoms with Crippen LogP contribution in [-0.4, -0.2) is 31.0 Å². The van der Waals surface area contributed by atoms with Crippen LogP contribution in [0.5, 0.6) is 5.75 Å². The standard InChI is InChI=1S/C21H21ClN2O3/c22-17-6-10-19(11-7-17)27-14-13-23-20(25)12-3-15-1-4-16(5-2-15)21(26)24-18-8-9-18/h1-7,10-12,18H,8-9,13-14H2,(H,23,25)(H,24,26)/b12-3+. The summed E-state index contributed by atoms with van der Waals surface area (Å²) in [6.07, 6.45) is 5.29. The Balaban J connectivity index is 1.38. The molecule has 0 saturated heterocycles. The molecule has 1 aliphatic rings. The molecule has 2 aromatic rings. The summed E-state index contributed by atoms with van der Waals surface area (Å²) in [5.41, 5.74) is 1.48. The quantitative estimate of drug-likeness (QED) is 0.541. The van der Waals surface area contributed by atoms with Gasteiger partial charge in [0.05, 0.1) is 6.54 Å². The summed E-state index contributed by atoms with van der Waals surface area (Å²) in [5, 5.41) is 6.35. The number of carbonyl (C=O) groups excluding carboxylic acids is 2. The van der Waals surface area contributed by atoms with E-state index < -0.39 is 0 Å². The van der Waals surface area contributed by atoms with E-state index in [-0.39, 0.29) is 11.8 Å². The monoisotopic (exact) mass is 384 g/mol. The van der Waals surface area contributed by atoms with Crippen LogP contribution in [0.3, 0.4) is 0 Å². The number of nitrogens with one attached hydrogen (secondary N) is 2. The molecule has 6 heteroatoms. The molecule has 5 nitrogen and oxygen atoms in total. The topological polar surface area (TPSA) is 67.4 Å². The Morgan fingerprint density at radius 3 is 2.44 bits per heavy atom. The van der Waals surface area contributed by atoms with Crippen LogP contribution in [0.2, 0.25) is 5.02 Å². The van der Waals surface area contributed by atoms with E-state index in [1.54, 1.807) is 42.5 Å². The van der Waals surface area contributed by atoms with Gasteiger partial charge in [-0.05, 0) is 60.9 Å². The fourth-order valence-corrected chi connectivity index (χ4v) is 2.47. The summed E-state index contributed by atoms with van der Waals surface area (Å²) in [6.45, 7) is 0.762. The third-order valence-corrected chi connectivity index (χ3v) is 4.25. The van der Waals surface area contributed by atoms with E-state index >= 15 is 0 Å². The minimum Gasteiger partial charge on any atom is -0.492 e. The minimum atomic E-state index is -0.203. The van der Waals surface area contributed by atoms with Crippen molar-refractivity contribution in [1.29, 1.82) is 0 Å². The first-order chi connectivity index (χ1) is 13.1. The molecule has 0 atom stereocenters. The normalized spacial score (nSPS) is 13.4. The molecule has 1 fully saturated rings. The summed E-state index contributed by atoms with van der Waals surface area (Å²) in [7, 11) is 0. The smallest absolute Gasteiger partial charge is 0.251 e. The number of benzene rings is 2. The maximum Gasteiger partial charge on any atom is 0.251 e. The summed E-state index contributed by atoms with van der Waals surface area (Å²) in [4.78, 5) is 23.8. The van der Waals surface area contributed by atoms with Gasteiger partial charge in [-0.15, -0.1) is 0 Å². The molecule has 0 radical (unpaired) electrons. The predicted molar refractivity (Wildman–Crippen MR) is 106 cm³/mol. The van der Waals surface area contributed by atoms with Crippen LogP contribution in [0.4, 0.5) is 0 Å². The molecule has 2 aromatic carbocycles. The average molecular weight is 385 g/mol. The fraction of sp³-hybridized carbons (Fsp3) is 0.238. The maximum absolute atomic E-state index is 11.9. The molecule has 2 amide bonds. The van der Waals surface area contributed by atoms with Gasteiger partial charge in [0.25, 0.3) is 5.91 Å². The van der Waals surface area contributed by atoms with Crippen molar-refractivity contribution in [3.8, 4) is 5.75 Å². The number of ether oxygens (including phenoxy) is 1. The molecular weight excluding hydrogens is 364 g/mol. The molecule has 3 rings (SSSR count). The van der Waals surface area contributed by atoms with Crippen molar-refractivity contribution in [2.45, 2.75) is 18.9 Å². The minimum absolute atomic E-state index is 0.0496. The highest BCUT2D eigenvalue weighted by molar-refractivity contribution is 6.30. The molecule has 140 valence electrons. The van der Waals surface area contributed by atoms with Gasteiger partial charge in [-0.25, -0.2) is 0 Å². The van der Waals surface area contributed by atoms with Gasteiger partial charge in [0.1, 0.15) is 12.4 Å². The highest BCUT2D eigenvalue weighted by Gasteiger charge is 2.23. The number of halogens is 1. The lowest BCUT2D eigenvalue weighted by molar-refractivity contribution is -0.116. The van der Waals surface area contributed by atoms with Crippen molar-refractivity contribution in [3.63, 3.8) is 0 Å². The lowest BCUT2D eigenvalue weighted by Crippen LogP contribution is -2.26.